The standard InChI is InChI=1S/C16H26N2O/c1-19-16-10-6-5-9-14(16)15(18-17)12-11-13-7-3-2-4-8-13/h5-6,9-10,13,15,18H,2-4,7-8,11-12,17H2,1H3. The average molecular weight is 262 g/mol. The van der Waals surface area contributed by atoms with Crippen molar-refractivity contribution in [1.29, 1.82) is 0 Å². The molecule has 19 heavy (non-hydrogen) atoms. The fourth-order valence-electron chi connectivity index (χ4n) is 3.16. The molecule has 1 aliphatic rings. The van der Waals surface area contributed by atoms with Gasteiger partial charge in [0.05, 0.1) is 7.11 Å². The molecule has 1 aromatic rings. The van der Waals surface area contributed by atoms with Crippen LogP contribution < -0.4 is 16.0 Å². The molecule has 1 saturated carbocycles. The fourth-order valence-corrected chi connectivity index (χ4v) is 3.16. The van der Waals surface area contributed by atoms with Crippen molar-refractivity contribution in [1.82, 2.24) is 5.43 Å². The SMILES string of the molecule is COc1ccccc1C(CCC1CCCCC1)NN. The summed E-state index contributed by atoms with van der Waals surface area (Å²) in [4.78, 5) is 0. The smallest absolute Gasteiger partial charge is 0.123 e. The van der Waals surface area contributed by atoms with Crippen LogP contribution in [0.15, 0.2) is 24.3 Å². The van der Waals surface area contributed by atoms with E-state index in [9.17, 15) is 0 Å². The topological polar surface area (TPSA) is 47.3 Å². The Hall–Kier alpha value is -1.06. The van der Waals surface area contributed by atoms with E-state index >= 15 is 0 Å². The van der Waals surface area contributed by atoms with E-state index in [0.29, 0.717) is 0 Å². The lowest BCUT2D eigenvalue weighted by Gasteiger charge is -2.25. The van der Waals surface area contributed by atoms with Crippen LogP contribution in [0, 0.1) is 5.92 Å². The molecule has 3 N–H and O–H groups in total. The second-order valence-corrected chi connectivity index (χ2v) is 5.54. The maximum absolute atomic E-state index is 5.74. The van der Waals surface area contributed by atoms with Crippen LogP contribution in [0.2, 0.25) is 0 Å². The summed E-state index contributed by atoms with van der Waals surface area (Å²) in [5.74, 6) is 7.55. The highest BCUT2D eigenvalue weighted by Gasteiger charge is 2.18. The predicted octanol–water partition coefficient (Wildman–Crippen LogP) is 3.56. The molecule has 0 heterocycles. The van der Waals surface area contributed by atoms with Crippen LogP contribution in [-0.2, 0) is 0 Å². The highest BCUT2D eigenvalue weighted by Crippen LogP contribution is 2.32. The fraction of sp³-hybridized carbons (Fsp3) is 0.625. The van der Waals surface area contributed by atoms with Crippen LogP contribution in [0.25, 0.3) is 0 Å². The highest BCUT2D eigenvalue weighted by molar-refractivity contribution is 5.35. The lowest BCUT2D eigenvalue weighted by atomic mass is 9.84. The quantitative estimate of drug-likeness (QED) is 0.608. The maximum Gasteiger partial charge on any atom is 0.123 e. The molecular formula is C16H26N2O. The van der Waals surface area contributed by atoms with Crippen molar-refractivity contribution >= 4 is 0 Å². The number of ether oxygens (including phenoxy) is 1. The first-order valence-electron chi connectivity index (χ1n) is 7.44. The Labute approximate surface area is 116 Å². The summed E-state index contributed by atoms with van der Waals surface area (Å²) in [7, 11) is 1.72. The second-order valence-electron chi connectivity index (χ2n) is 5.54. The minimum atomic E-state index is 0.193. The number of benzene rings is 1. The van der Waals surface area contributed by atoms with Gasteiger partial charge in [-0.3, -0.25) is 11.3 Å². The molecule has 0 bridgehead atoms. The number of nitrogens with two attached hydrogens (primary N) is 1. The molecule has 1 fully saturated rings. The van der Waals surface area contributed by atoms with E-state index in [1.165, 1.54) is 44.1 Å². The summed E-state index contributed by atoms with van der Waals surface area (Å²) in [6.45, 7) is 0. The van der Waals surface area contributed by atoms with Crippen LogP contribution >= 0.6 is 0 Å². The number of hydrogen-bond acceptors (Lipinski definition) is 3. The number of methoxy groups -OCH3 is 1. The lowest BCUT2D eigenvalue weighted by molar-refractivity contribution is 0.312. The van der Waals surface area contributed by atoms with Gasteiger partial charge in [-0.25, -0.2) is 0 Å². The Morgan fingerprint density at radius 3 is 2.68 bits per heavy atom. The van der Waals surface area contributed by atoms with Gasteiger partial charge in [0, 0.05) is 11.6 Å². The Morgan fingerprint density at radius 1 is 1.26 bits per heavy atom. The third-order valence-electron chi connectivity index (χ3n) is 4.30. The monoisotopic (exact) mass is 262 g/mol. The third-order valence-corrected chi connectivity index (χ3v) is 4.30. The molecule has 3 nitrogen and oxygen atoms in total. The predicted molar refractivity (Wildman–Crippen MR) is 78.9 cm³/mol. The van der Waals surface area contributed by atoms with Crippen molar-refractivity contribution in [2.75, 3.05) is 7.11 Å². The summed E-state index contributed by atoms with van der Waals surface area (Å²) < 4.78 is 5.42. The molecule has 0 amide bonds. The first kappa shape index (κ1) is 14.4. The van der Waals surface area contributed by atoms with Gasteiger partial charge in [-0.05, 0) is 24.8 Å². The van der Waals surface area contributed by atoms with Crippen molar-refractivity contribution < 1.29 is 4.74 Å². The number of hydrogen-bond donors (Lipinski definition) is 2. The van der Waals surface area contributed by atoms with Gasteiger partial charge in [0.15, 0.2) is 0 Å². The second kappa shape index (κ2) is 7.51. The van der Waals surface area contributed by atoms with E-state index in [-0.39, 0.29) is 6.04 Å². The molecule has 2 rings (SSSR count). The normalized spacial score (nSPS) is 18.2. The number of para-hydroxylation sites is 1. The molecule has 106 valence electrons. The first-order valence-corrected chi connectivity index (χ1v) is 7.44. The minimum absolute atomic E-state index is 0.193. The number of rotatable bonds is 6. The zero-order chi connectivity index (χ0) is 13.5. The van der Waals surface area contributed by atoms with E-state index in [0.717, 1.165) is 18.1 Å². The molecule has 3 heteroatoms. The summed E-state index contributed by atoms with van der Waals surface area (Å²) in [6.07, 6.45) is 9.35. The van der Waals surface area contributed by atoms with Crippen LogP contribution in [0.5, 0.6) is 5.75 Å². The minimum Gasteiger partial charge on any atom is -0.496 e. The lowest BCUT2D eigenvalue weighted by Crippen LogP contribution is -2.29. The largest absolute Gasteiger partial charge is 0.496 e. The molecule has 0 radical (unpaired) electrons. The highest BCUT2D eigenvalue weighted by atomic mass is 16.5. The van der Waals surface area contributed by atoms with Crippen molar-refractivity contribution in [2.45, 2.75) is 51.0 Å². The van der Waals surface area contributed by atoms with Crippen molar-refractivity contribution in [3.05, 3.63) is 29.8 Å². The van der Waals surface area contributed by atoms with E-state index in [2.05, 4.69) is 11.5 Å². The molecule has 0 aromatic heterocycles. The summed E-state index contributed by atoms with van der Waals surface area (Å²) in [5.41, 5.74) is 4.12. The van der Waals surface area contributed by atoms with Gasteiger partial charge < -0.3 is 4.74 Å². The Kier molecular flexibility index (Phi) is 5.67. The third kappa shape index (κ3) is 3.95. The van der Waals surface area contributed by atoms with Crippen LogP contribution in [0.1, 0.15) is 56.6 Å². The van der Waals surface area contributed by atoms with Gasteiger partial charge in [-0.15, -0.1) is 0 Å². The molecule has 1 atom stereocenters. The Morgan fingerprint density at radius 2 is 2.00 bits per heavy atom. The summed E-state index contributed by atoms with van der Waals surface area (Å²) in [5, 5.41) is 0. The van der Waals surface area contributed by atoms with E-state index < -0.39 is 0 Å². The van der Waals surface area contributed by atoms with Crippen molar-refractivity contribution in [3.63, 3.8) is 0 Å². The molecular weight excluding hydrogens is 236 g/mol. The van der Waals surface area contributed by atoms with E-state index in [1.54, 1.807) is 7.11 Å². The zero-order valence-electron chi connectivity index (χ0n) is 11.9. The van der Waals surface area contributed by atoms with Gasteiger partial charge in [0.2, 0.25) is 0 Å². The first-order chi connectivity index (χ1) is 9.35. The molecule has 1 unspecified atom stereocenters. The van der Waals surface area contributed by atoms with Crippen molar-refractivity contribution in [2.24, 2.45) is 11.8 Å². The van der Waals surface area contributed by atoms with Gasteiger partial charge in [0.1, 0.15) is 5.75 Å². The van der Waals surface area contributed by atoms with E-state index in [1.807, 2.05) is 18.2 Å². The molecule has 1 aromatic carbocycles. The average Bonchev–Trinajstić information content (AvgIpc) is 2.49. The van der Waals surface area contributed by atoms with Crippen LogP contribution in [0.4, 0.5) is 0 Å². The number of nitrogens with one attached hydrogen (secondary N) is 1. The van der Waals surface area contributed by atoms with Crippen molar-refractivity contribution in [3.8, 4) is 5.75 Å². The maximum atomic E-state index is 5.74. The van der Waals surface area contributed by atoms with Gasteiger partial charge in [-0.1, -0.05) is 50.3 Å². The molecule has 0 spiro atoms. The number of hydrazine groups is 1. The van der Waals surface area contributed by atoms with Crippen LogP contribution in [-0.4, -0.2) is 7.11 Å². The summed E-state index contributed by atoms with van der Waals surface area (Å²) in [6, 6.07) is 8.34. The Balaban J connectivity index is 1.95. The Bertz CT molecular complexity index is 375. The molecule has 0 aliphatic heterocycles. The molecule has 0 saturated heterocycles. The van der Waals surface area contributed by atoms with Gasteiger partial charge in [0.25, 0.3) is 0 Å². The van der Waals surface area contributed by atoms with Crippen LogP contribution in [0.3, 0.4) is 0 Å². The van der Waals surface area contributed by atoms with Gasteiger partial charge in [-0.2, -0.15) is 0 Å². The zero-order valence-corrected chi connectivity index (χ0v) is 11.9. The van der Waals surface area contributed by atoms with E-state index in [4.69, 9.17) is 10.6 Å². The molecule has 1 aliphatic carbocycles. The summed E-state index contributed by atoms with van der Waals surface area (Å²) >= 11 is 0. The van der Waals surface area contributed by atoms with Gasteiger partial charge >= 0.3 is 0 Å².